The number of nitrogens with zero attached hydrogens (tertiary/aromatic N) is 4. The number of para-hydroxylation sites is 1. The number of phenols is 1. The number of hydrogen-bond donors (Lipinski definition) is 1. The third-order valence-corrected chi connectivity index (χ3v) is 7.99. The fourth-order valence-corrected chi connectivity index (χ4v) is 5.89. The van der Waals surface area contributed by atoms with Crippen molar-refractivity contribution in [1.82, 2.24) is 14.9 Å². The molecule has 206 valence electrons. The van der Waals surface area contributed by atoms with E-state index in [1.54, 1.807) is 12.1 Å². The van der Waals surface area contributed by atoms with Crippen LogP contribution in [-0.2, 0) is 14.2 Å². The van der Waals surface area contributed by atoms with Crippen molar-refractivity contribution < 1.29 is 24.1 Å². The topological polar surface area (TPSA) is 97.3 Å². The molecule has 3 saturated heterocycles. The molecule has 0 unspecified atom stereocenters. The zero-order valence-electron chi connectivity index (χ0n) is 22.4. The van der Waals surface area contributed by atoms with Gasteiger partial charge < -0.3 is 29.1 Å². The van der Waals surface area contributed by atoms with Gasteiger partial charge in [-0.25, -0.2) is 14.8 Å². The van der Waals surface area contributed by atoms with E-state index in [-0.39, 0.29) is 29.9 Å². The van der Waals surface area contributed by atoms with Crippen molar-refractivity contribution in [3.8, 4) is 17.1 Å². The predicted octanol–water partition coefficient (Wildman–Crippen LogP) is 4.54. The van der Waals surface area contributed by atoms with Crippen LogP contribution >= 0.6 is 0 Å². The first-order valence-electron chi connectivity index (χ1n) is 14.0. The van der Waals surface area contributed by atoms with Crippen LogP contribution in [0.1, 0.15) is 31.2 Å². The minimum Gasteiger partial charge on any atom is -0.507 e. The number of phenolic OH excluding ortho intramolecular Hbond substituents is 1. The first-order chi connectivity index (χ1) is 19.0. The molecule has 0 aliphatic carbocycles. The lowest BCUT2D eigenvalue weighted by molar-refractivity contribution is 0.0365. The van der Waals surface area contributed by atoms with Crippen molar-refractivity contribution in [3.05, 3.63) is 48.0 Å². The van der Waals surface area contributed by atoms with Crippen LogP contribution in [-0.4, -0.2) is 84.3 Å². The molecule has 3 aromatic rings. The molecule has 6 rings (SSSR count). The van der Waals surface area contributed by atoms with Crippen LogP contribution in [0.25, 0.3) is 22.3 Å². The van der Waals surface area contributed by atoms with E-state index in [1.807, 2.05) is 17.0 Å². The Morgan fingerprint density at radius 2 is 1.95 bits per heavy atom. The second kappa shape index (κ2) is 11.4. The van der Waals surface area contributed by atoms with Gasteiger partial charge in [0.2, 0.25) is 0 Å². The molecule has 3 atom stereocenters. The SMILES string of the molecule is Cc1ccc2c(N3CCC[C@@H](CN(C(=O)O[C@@H]4CCOC4)[C@@H]4CCOC4)C3)nc(-c3ccccc3O)nc2c1. The van der Waals surface area contributed by atoms with E-state index in [0.29, 0.717) is 44.4 Å². The van der Waals surface area contributed by atoms with Crippen molar-refractivity contribution in [1.29, 1.82) is 0 Å². The van der Waals surface area contributed by atoms with Crippen LogP contribution in [0, 0.1) is 12.8 Å². The first kappa shape index (κ1) is 25.8. The number of carbonyl (C=O) groups is 1. The number of piperidine rings is 1. The number of aromatic hydroxyl groups is 1. The number of aromatic nitrogens is 2. The largest absolute Gasteiger partial charge is 0.507 e. The highest BCUT2D eigenvalue weighted by atomic mass is 16.6. The monoisotopic (exact) mass is 532 g/mol. The predicted molar refractivity (Wildman–Crippen MR) is 148 cm³/mol. The summed E-state index contributed by atoms with van der Waals surface area (Å²) in [5.41, 5.74) is 2.58. The Kier molecular flexibility index (Phi) is 7.52. The van der Waals surface area contributed by atoms with E-state index in [9.17, 15) is 9.90 Å². The van der Waals surface area contributed by atoms with E-state index < -0.39 is 0 Å². The molecule has 2 aromatic carbocycles. The normalized spacial score (nSPS) is 23.3. The van der Waals surface area contributed by atoms with Gasteiger partial charge in [-0.1, -0.05) is 18.2 Å². The van der Waals surface area contributed by atoms with E-state index >= 15 is 0 Å². The Morgan fingerprint density at radius 1 is 1.10 bits per heavy atom. The second-order valence-corrected chi connectivity index (χ2v) is 10.9. The maximum atomic E-state index is 13.3. The van der Waals surface area contributed by atoms with Gasteiger partial charge in [0, 0.05) is 38.0 Å². The Morgan fingerprint density at radius 3 is 2.74 bits per heavy atom. The van der Waals surface area contributed by atoms with Crippen LogP contribution in [0.2, 0.25) is 0 Å². The summed E-state index contributed by atoms with van der Waals surface area (Å²) >= 11 is 0. The summed E-state index contributed by atoms with van der Waals surface area (Å²) in [6.07, 6.45) is 3.16. The standard InChI is InChI=1S/C30H36N4O5/c1-20-8-9-24-26(15-20)31-28(25-6-2-3-7-27(25)35)32-29(24)33-12-4-5-21(16-33)17-34(22-10-13-37-18-22)30(36)39-23-11-14-38-19-23/h2-3,6-9,15,21-23,35H,4-5,10-14,16-19H2,1H3/t21-,22-,23-/m1/s1. The molecule has 3 aliphatic rings. The van der Waals surface area contributed by atoms with Crippen LogP contribution in [0.4, 0.5) is 10.6 Å². The lowest BCUT2D eigenvalue weighted by atomic mass is 9.96. The Balaban J connectivity index is 1.27. The number of hydrogen-bond acceptors (Lipinski definition) is 8. The number of ether oxygens (including phenoxy) is 3. The lowest BCUT2D eigenvalue weighted by Crippen LogP contribution is -2.48. The van der Waals surface area contributed by atoms with Gasteiger partial charge in [0.05, 0.1) is 36.9 Å². The highest BCUT2D eigenvalue weighted by Crippen LogP contribution is 2.34. The third-order valence-electron chi connectivity index (χ3n) is 7.99. The average Bonchev–Trinajstić information content (AvgIpc) is 3.66. The average molecular weight is 533 g/mol. The Hall–Kier alpha value is -3.43. The van der Waals surface area contributed by atoms with Gasteiger partial charge in [-0.3, -0.25) is 0 Å². The Bertz CT molecular complexity index is 1320. The van der Waals surface area contributed by atoms with Gasteiger partial charge in [0.15, 0.2) is 5.82 Å². The molecule has 3 aliphatic heterocycles. The Labute approximate surface area is 228 Å². The van der Waals surface area contributed by atoms with E-state index in [4.69, 9.17) is 24.2 Å². The molecule has 1 amide bonds. The van der Waals surface area contributed by atoms with Gasteiger partial charge in [-0.05, 0) is 61.9 Å². The molecule has 1 aromatic heterocycles. The van der Waals surface area contributed by atoms with Crippen molar-refractivity contribution in [2.75, 3.05) is 51.0 Å². The molecule has 1 N–H and O–H groups in total. The summed E-state index contributed by atoms with van der Waals surface area (Å²) < 4.78 is 16.9. The smallest absolute Gasteiger partial charge is 0.410 e. The summed E-state index contributed by atoms with van der Waals surface area (Å²) in [4.78, 5) is 27.3. The molecule has 0 spiro atoms. The minimum atomic E-state index is -0.261. The van der Waals surface area contributed by atoms with E-state index in [0.717, 1.165) is 61.1 Å². The quantitative estimate of drug-likeness (QED) is 0.494. The van der Waals surface area contributed by atoms with Gasteiger partial charge in [0.1, 0.15) is 17.7 Å². The number of fused-ring (bicyclic) bond motifs is 1. The van der Waals surface area contributed by atoms with Crippen molar-refractivity contribution in [3.63, 3.8) is 0 Å². The number of anilines is 1. The molecule has 9 nitrogen and oxygen atoms in total. The molecule has 4 heterocycles. The molecule has 9 heteroatoms. The van der Waals surface area contributed by atoms with Gasteiger partial charge >= 0.3 is 6.09 Å². The van der Waals surface area contributed by atoms with E-state index in [2.05, 4.69) is 30.0 Å². The van der Waals surface area contributed by atoms with Crippen LogP contribution in [0.15, 0.2) is 42.5 Å². The molecule has 0 bridgehead atoms. The molecular weight excluding hydrogens is 496 g/mol. The van der Waals surface area contributed by atoms with Gasteiger partial charge in [-0.15, -0.1) is 0 Å². The summed E-state index contributed by atoms with van der Waals surface area (Å²) in [5, 5.41) is 11.5. The zero-order valence-corrected chi connectivity index (χ0v) is 22.4. The maximum Gasteiger partial charge on any atom is 0.410 e. The number of rotatable bonds is 6. The number of amides is 1. The summed E-state index contributed by atoms with van der Waals surface area (Å²) in [6.45, 7) is 6.62. The molecule has 0 radical (unpaired) electrons. The summed E-state index contributed by atoms with van der Waals surface area (Å²) in [7, 11) is 0. The first-order valence-corrected chi connectivity index (χ1v) is 14.0. The molecule has 39 heavy (non-hydrogen) atoms. The van der Waals surface area contributed by atoms with Crippen molar-refractivity contribution in [2.24, 2.45) is 5.92 Å². The fourth-order valence-electron chi connectivity index (χ4n) is 5.89. The minimum absolute atomic E-state index is 0.0331. The molecule has 3 fully saturated rings. The fraction of sp³-hybridized carbons (Fsp3) is 0.500. The number of benzene rings is 2. The molecule has 0 saturated carbocycles. The van der Waals surface area contributed by atoms with Crippen LogP contribution in [0.5, 0.6) is 5.75 Å². The van der Waals surface area contributed by atoms with Gasteiger partial charge in [-0.2, -0.15) is 0 Å². The van der Waals surface area contributed by atoms with Crippen LogP contribution in [0.3, 0.4) is 0 Å². The number of aryl methyl sites for hydroxylation is 1. The lowest BCUT2D eigenvalue weighted by Gasteiger charge is -2.38. The third kappa shape index (κ3) is 5.65. The summed E-state index contributed by atoms with van der Waals surface area (Å²) in [6, 6.07) is 13.5. The molecular formula is C30H36N4O5. The van der Waals surface area contributed by atoms with Crippen LogP contribution < -0.4 is 4.90 Å². The van der Waals surface area contributed by atoms with Gasteiger partial charge in [0.25, 0.3) is 0 Å². The van der Waals surface area contributed by atoms with Crippen molar-refractivity contribution in [2.45, 2.75) is 44.8 Å². The van der Waals surface area contributed by atoms with E-state index in [1.165, 1.54) is 0 Å². The number of carbonyl (C=O) groups excluding carboxylic acids is 1. The highest BCUT2D eigenvalue weighted by molar-refractivity contribution is 5.92. The van der Waals surface area contributed by atoms with Crippen molar-refractivity contribution >= 4 is 22.8 Å². The second-order valence-electron chi connectivity index (χ2n) is 10.9. The zero-order chi connectivity index (χ0) is 26.8. The maximum absolute atomic E-state index is 13.3. The highest BCUT2D eigenvalue weighted by Gasteiger charge is 2.34. The summed E-state index contributed by atoms with van der Waals surface area (Å²) in [5.74, 6) is 1.79.